The molecule has 1 fully saturated rings. The van der Waals surface area contributed by atoms with Crippen LogP contribution < -0.4 is 5.32 Å². The average Bonchev–Trinajstić information content (AvgIpc) is 3.22. The summed E-state index contributed by atoms with van der Waals surface area (Å²) in [6, 6.07) is 6.22. The Labute approximate surface area is 124 Å². The molecule has 0 spiro atoms. The van der Waals surface area contributed by atoms with Crippen LogP contribution in [-0.4, -0.2) is 43.9 Å². The van der Waals surface area contributed by atoms with Crippen molar-refractivity contribution in [2.24, 2.45) is 0 Å². The first-order valence-corrected chi connectivity index (χ1v) is 8.16. The van der Waals surface area contributed by atoms with Crippen molar-refractivity contribution in [3.05, 3.63) is 29.8 Å². The van der Waals surface area contributed by atoms with E-state index in [1.165, 1.54) is 26.2 Å². The second kappa shape index (κ2) is 5.40. The fraction of sp³-hybridized carbons (Fsp3) is 0.500. The highest BCUT2D eigenvalue weighted by atomic mass is 32.2. The fourth-order valence-corrected chi connectivity index (χ4v) is 2.98. The monoisotopic (exact) mass is 312 g/mol. The van der Waals surface area contributed by atoms with Gasteiger partial charge >= 0.3 is 5.97 Å². The Bertz CT molecular complexity index is 635. The van der Waals surface area contributed by atoms with E-state index >= 15 is 0 Å². The summed E-state index contributed by atoms with van der Waals surface area (Å²) in [6.45, 7) is 1.60. The van der Waals surface area contributed by atoms with Crippen LogP contribution in [0.3, 0.4) is 0 Å². The third kappa shape index (κ3) is 3.09. The van der Waals surface area contributed by atoms with Crippen LogP contribution in [0.15, 0.2) is 29.2 Å². The Balaban J connectivity index is 2.34. The predicted octanol–water partition coefficient (Wildman–Crippen LogP) is 0.989. The van der Waals surface area contributed by atoms with E-state index in [0.717, 1.165) is 17.1 Å². The lowest BCUT2D eigenvalue weighted by Crippen LogP contribution is -2.47. The molecule has 116 valence electrons. The van der Waals surface area contributed by atoms with Crippen LogP contribution >= 0.6 is 0 Å². The first-order chi connectivity index (χ1) is 9.68. The maximum Gasteiger partial charge on any atom is 0.328 e. The van der Waals surface area contributed by atoms with E-state index in [2.05, 4.69) is 5.32 Å². The van der Waals surface area contributed by atoms with Gasteiger partial charge in [-0.1, -0.05) is 12.1 Å². The Morgan fingerprint density at radius 1 is 1.29 bits per heavy atom. The maximum absolute atomic E-state index is 12.0. The van der Waals surface area contributed by atoms with Gasteiger partial charge in [0.2, 0.25) is 10.0 Å². The van der Waals surface area contributed by atoms with Gasteiger partial charge in [0.15, 0.2) is 0 Å². The molecule has 0 amide bonds. The summed E-state index contributed by atoms with van der Waals surface area (Å²) < 4.78 is 25.1. The lowest BCUT2D eigenvalue weighted by atomic mass is 9.92. The number of carboxylic acids is 1. The summed E-state index contributed by atoms with van der Waals surface area (Å²) in [5, 5.41) is 12.6. The molecule has 1 saturated carbocycles. The molecule has 21 heavy (non-hydrogen) atoms. The van der Waals surface area contributed by atoms with Crippen LogP contribution in [0.4, 0.5) is 0 Å². The molecule has 1 aliphatic rings. The Morgan fingerprint density at radius 3 is 2.19 bits per heavy atom. The lowest BCUT2D eigenvalue weighted by molar-refractivity contribution is -0.144. The molecule has 1 aromatic carbocycles. The largest absolute Gasteiger partial charge is 0.480 e. The molecule has 1 atom stereocenters. The van der Waals surface area contributed by atoms with Crippen LogP contribution in [-0.2, 0) is 20.4 Å². The van der Waals surface area contributed by atoms with Gasteiger partial charge < -0.3 is 5.11 Å². The smallest absolute Gasteiger partial charge is 0.328 e. The molecule has 0 bridgehead atoms. The summed E-state index contributed by atoms with van der Waals surface area (Å²) >= 11 is 0. The van der Waals surface area contributed by atoms with Gasteiger partial charge in [-0.25, -0.2) is 17.5 Å². The van der Waals surface area contributed by atoms with Crippen molar-refractivity contribution in [2.75, 3.05) is 14.1 Å². The molecule has 1 unspecified atom stereocenters. The molecule has 2 rings (SSSR count). The van der Waals surface area contributed by atoms with Gasteiger partial charge in [0.1, 0.15) is 5.54 Å². The predicted molar refractivity (Wildman–Crippen MR) is 78.5 cm³/mol. The minimum atomic E-state index is -3.50. The van der Waals surface area contributed by atoms with Gasteiger partial charge in [0.25, 0.3) is 0 Å². The number of carboxylic acid groups (broad SMARTS) is 1. The summed E-state index contributed by atoms with van der Waals surface area (Å²) in [6.07, 6.45) is 1.94. The Kier molecular flexibility index (Phi) is 4.10. The minimum absolute atomic E-state index is 0.149. The number of carbonyl (C=O) groups is 1. The SMILES string of the molecule is CN(C)S(=O)(=O)c1ccc(C(C)(NC2CC2)C(=O)O)cc1. The quantitative estimate of drug-likeness (QED) is 0.818. The maximum atomic E-state index is 12.0. The number of rotatable bonds is 6. The van der Waals surface area contributed by atoms with Crippen molar-refractivity contribution in [2.45, 2.75) is 36.2 Å². The molecular formula is C14H20N2O4S. The summed E-state index contributed by atoms with van der Waals surface area (Å²) in [5.41, 5.74) is -0.665. The van der Waals surface area contributed by atoms with E-state index in [9.17, 15) is 18.3 Å². The van der Waals surface area contributed by atoms with Crippen molar-refractivity contribution in [1.29, 1.82) is 0 Å². The number of nitrogens with zero attached hydrogens (tertiary/aromatic N) is 1. The number of hydrogen-bond acceptors (Lipinski definition) is 4. The zero-order valence-electron chi connectivity index (χ0n) is 12.3. The standard InChI is InChI=1S/C14H20N2O4S/c1-14(13(17)18,15-11-6-7-11)10-4-8-12(9-5-10)21(19,20)16(2)3/h4-5,8-9,11,15H,6-7H2,1-3H3,(H,17,18). The van der Waals surface area contributed by atoms with Gasteiger partial charge in [-0.15, -0.1) is 0 Å². The highest BCUT2D eigenvalue weighted by molar-refractivity contribution is 7.89. The van der Waals surface area contributed by atoms with E-state index in [1.807, 2.05) is 0 Å². The molecule has 2 N–H and O–H groups in total. The average molecular weight is 312 g/mol. The molecule has 1 aromatic rings. The molecular weight excluding hydrogens is 292 g/mol. The van der Waals surface area contributed by atoms with Gasteiger partial charge in [0.05, 0.1) is 4.90 Å². The van der Waals surface area contributed by atoms with E-state index in [0.29, 0.717) is 5.56 Å². The summed E-state index contributed by atoms with van der Waals surface area (Å²) in [4.78, 5) is 11.7. The third-order valence-electron chi connectivity index (χ3n) is 3.71. The van der Waals surface area contributed by atoms with Crippen LogP contribution in [0, 0.1) is 0 Å². The molecule has 1 aliphatic carbocycles. The highest BCUT2D eigenvalue weighted by Crippen LogP contribution is 2.29. The topological polar surface area (TPSA) is 86.7 Å². The molecule has 0 heterocycles. The molecule has 0 radical (unpaired) electrons. The second-order valence-electron chi connectivity index (χ2n) is 5.66. The van der Waals surface area contributed by atoms with E-state index in [-0.39, 0.29) is 10.9 Å². The first kappa shape index (κ1) is 15.9. The Hall–Kier alpha value is -1.44. The number of nitrogens with one attached hydrogen (secondary N) is 1. The van der Waals surface area contributed by atoms with Gasteiger partial charge in [-0.3, -0.25) is 5.32 Å². The highest BCUT2D eigenvalue weighted by Gasteiger charge is 2.40. The number of hydrogen-bond donors (Lipinski definition) is 2. The summed E-state index contributed by atoms with van der Waals surface area (Å²) in [7, 11) is -0.589. The molecule has 0 aliphatic heterocycles. The molecule has 0 saturated heterocycles. The number of aliphatic carboxylic acids is 1. The van der Waals surface area contributed by atoms with Crippen LogP contribution in [0.5, 0.6) is 0 Å². The van der Waals surface area contributed by atoms with Crippen LogP contribution in [0.2, 0.25) is 0 Å². The van der Waals surface area contributed by atoms with Gasteiger partial charge in [-0.05, 0) is 37.5 Å². The fourth-order valence-electron chi connectivity index (χ4n) is 2.08. The van der Waals surface area contributed by atoms with Gasteiger partial charge in [-0.2, -0.15) is 0 Å². The first-order valence-electron chi connectivity index (χ1n) is 6.72. The summed E-state index contributed by atoms with van der Waals surface area (Å²) in [5.74, 6) is -0.974. The zero-order valence-corrected chi connectivity index (χ0v) is 13.1. The van der Waals surface area contributed by atoms with Crippen molar-refractivity contribution in [3.8, 4) is 0 Å². The van der Waals surface area contributed by atoms with Crippen molar-refractivity contribution >= 4 is 16.0 Å². The van der Waals surface area contributed by atoms with Gasteiger partial charge in [0, 0.05) is 20.1 Å². The third-order valence-corrected chi connectivity index (χ3v) is 5.54. The van der Waals surface area contributed by atoms with Crippen molar-refractivity contribution < 1.29 is 18.3 Å². The second-order valence-corrected chi connectivity index (χ2v) is 7.81. The van der Waals surface area contributed by atoms with Crippen molar-refractivity contribution in [1.82, 2.24) is 9.62 Å². The Morgan fingerprint density at radius 2 is 1.81 bits per heavy atom. The molecule has 7 heteroatoms. The van der Waals surface area contributed by atoms with Crippen LogP contribution in [0.25, 0.3) is 0 Å². The number of benzene rings is 1. The van der Waals surface area contributed by atoms with E-state index in [4.69, 9.17) is 0 Å². The normalized spacial score (nSPS) is 18.5. The molecule has 0 aromatic heterocycles. The van der Waals surface area contributed by atoms with Crippen LogP contribution in [0.1, 0.15) is 25.3 Å². The number of sulfonamides is 1. The lowest BCUT2D eigenvalue weighted by Gasteiger charge is -2.27. The van der Waals surface area contributed by atoms with Crippen molar-refractivity contribution in [3.63, 3.8) is 0 Å². The zero-order chi connectivity index (χ0) is 15.8. The van der Waals surface area contributed by atoms with E-state index in [1.54, 1.807) is 19.1 Å². The van der Waals surface area contributed by atoms with E-state index < -0.39 is 21.5 Å². The molecule has 6 nitrogen and oxygen atoms in total. The minimum Gasteiger partial charge on any atom is -0.480 e.